The standard InChI is InChI=1S/C29H29Cl2N5O5/c1-6-24(37)34-20-13-16(41-12-11-36(2)3)7-9-19(20)33-23-10-8-17-18(15-32-29(17)35-23)28(38)25-26(30)21(39-4)14-22(40-5)27(25)31/h6-10,13-15H,1,11-12H2,2-5H3,(H,34,37)(H2,32,33,35). The number of amides is 1. The lowest BCUT2D eigenvalue weighted by Gasteiger charge is -2.15. The summed E-state index contributed by atoms with van der Waals surface area (Å²) in [4.78, 5) is 35.3. The fraction of sp³-hybridized carbons (Fsp3) is 0.207. The van der Waals surface area contributed by atoms with Crippen molar-refractivity contribution in [2.75, 3.05) is 52.1 Å². The normalized spacial score (nSPS) is 10.9. The Labute approximate surface area is 247 Å². The van der Waals surface area contributed by atoms with Crippen LogP contribution in [0.1, 0.15) is 15.9 Å². The second kappa shape index (κ2) is 12.9. The van der Waals surface area contributed by atoms with Crippen molar-refractivity contribution in [3.05, 3.63) is 76.4 Å². The van der Waals surface area contributed by atoms with Crippen LogP contribution in [0.25, 0.3) is 11.0 Å². The van der Waals surface area contributed by atoms with Gasteiger partial charge in [0.15, 0.2) is 5.78 Å². The molecule has 12 heteroatoms. The minimum Gasteiger partial charge on any atom is -0.495 e. The smallest absolute Gasteiger partial charge is 0.247 e. The first-order valence-electron chi connectivity index (χ1n) is 12.4. The number of nitrogens with one attached hydrogen (secondary N) is 3. The molecule has 0 atom stereocenters. The molecule has 0 aliphatic carbocycles. The molecule has 10 nitrogen and oxygen atoms in total. The maximum absolute atomic E-state index is 13.6. The summed E-state index contributed by atoms with van der Waals surface area (Å²) in [6.45, 7) is 4.75. The number of nitrogens with zero attached hydrogens (tertiary/aromatic N) is 2. The molecule has 2 heterocycles. The minimum absolute atomic E-state index is 0.0585. The quantitative estimate of drug-likeness (QED) is 0.136. The molecule has 1 amide bonds. The SMILES string of the molecule is C=CC(=O)Nc1cc(OCCN(C)C)ccc1Nc1ccc2c(C(=O)c3c(Cl)c(OC)cc(OC)c3Cl)c[nH]c2n1. The summed E-state index contributed by atoms with van der Waals surface area (Å²) >= 11 is 12.9. The molecule has 0 saturated carbocycles. The van der Waals surface area contributed by atoms with E-state index in [4.69, 9.17) is 37.4 Å². The van der Waals surface area contributed by atoms with Gasteiger partial charge in [-0.3, -0.25) is 9.59 Å². The summed E-state index contributed by atoms with van der Waals surface area (Å²) < 4.78 is 16.4. The van der Waals surface area contributed by atoms with Crippen LogP contribution in [0.5, 0.6) is 17.2 Å². The number of aromatic nitrogens is 2. The second-order valence-corrected chi connectivity index (χ2v) is 9.84. The first-order valence-corrected chi connectivity index (χ1v) is 13.2. The van der Waals surface area contributed by atoms with Crippen molar-refractivity contribution in [2.24, 2.45) is 0 Å². The first-order chi connectivity index (χ1) is 19.7. The van der Waals surface area contributed by atoms with Gasteiger partial charge in [0.05, 0.1) is 41.2 Å². The largest absolute Gasteiger partial charge is 0.495 e. The Hall–Kier alpha value is -4.25. The molecule has 0 unspecified atom stereocenters. The number of halogens is 2. The Morgan fingerprint density at radius 1 is 1.05 bits per heavy atom. The topological polar surface area (TPSA) is 118 Å². The highest BCUT2D eigenvalue weighted by atomic mass is 35.5. The van der Waals surface area contributed by atoms with E-state index in [1.165, 1.54) is 32.6 Å². The van der Waals surface area contributed by atoms with E-state index >= 15 is 0 Å². The molecule has 2 aromatic carbocycles. The van der Waals surface area contributed by atoms with Crippen LogP contribution in [-0.4, -0.2) is 68.0 Å². The summed E-state index contributed by atoms with van der Waals surface area (Å²) in [5, 5.41) is 6.71. The molecule has 0 aliphatic heterocycles. The number of hydrogen-bond donors (Lipinski definition) is 3. The predicted molar refractivity (Wildman–Crippen MR) is 162 cm³/mol. The maximum Gasteiger partial charge on any atom is 0.247 e. The predicted octanol–water partition coefficient (Wildman–Crippen LogP) is 5.93. The number of aromatic amines is 1. The highest BCUT2D eigenvalue weighted by molar-refractivity contribution is 6.43. The molecule has 41 heavy (non-hydrogen) atoms. The number of benzene rings is 2. The van der Waals surface area contributed by atoms with Gasteiger partial charge in [-0.25, -0.2) is 4.98 Å². The number of rotatable bonds is 12. The van der Waals surface area contributed by atoms with Crippen LogP contribution in [0.4, 0.5) is 17.2 Å². The number of pyridine rings is 1. The minimum atomic E-state index is -0.426. The van der Waals surface area contributed by atoms with Gasteiger partial charge in [-0.05, 0) is 44.4 Å². The van der Waals surface area contributed by atoms with E-state index in [0.29, 0.717) is 46.1 Å². The van der Waals surface area contributed by atoms with Gasteiger partial charge in [-0.2, -0.15) is 0 Å². The second-order valence-electron chi connectivity index (χ2n) is 9.09. The van der Waals surface area contributed by atoms with Crippen LogP contribution in [0.3, 0.4) is 0 Å². The molecular formula is C29H29Cl2N5O5. The lowest BCUT2D eigenvalue weighted by atomic mass is 10.0. The molecule has 0 bridgehead atoms. The van der Waals surface area contributed by atoms with Gasteiger partial charge in [0.25, 0.3) is 0 Å². The van der Waals surface area contributed by atoms with Crippen LogP contribution in [-0.2, 0) is 4.79 Å². The van der Waals surface area contributed by atoms with E-state index in [2.05, 4.69) is 27.2 Å². The fourth-order valence-corrected chi connectivity index (χ4v) is 4.65. The highest BCUT2D eigenvalue weighted by Crippen LogP contribution is 2.42. The molecule has 0 radical (unpaired) electrons. The van der Waals surface area contributed by atoms with E-state index in [1.807, 2.05) is 19.0 Å². The lowest BCUT2D eigenvalue weighted by molar-refractivity contribution is -0.111. The van der Waals surface area contributed by atoms with Crippen LogP contribution in [0, 0.1) is 0 Å². The van der Waals surface area contributed by atoms with Crippen molar-refractivity contribution in [3.8, 4) is 17.2 Å². The van der Waals surface area contributed by atoms with Crippen molar-refractivity contribution in [2.45, 2.75) is 0 Å². The van der Waals surface area contributed by atoms with E-state index in [9.17, 15) is 9.59 Å². The monoisotopic (exact) mass is 597 g/mol. The number of carbonyl (C=O) groups is 2. The van der Waals surface area contributed by atoms with E-state index < -0.39 is 5.78 Å². The summed E-state index contributed by atoms with van der Waals surface area (Å²) in [5.74, 6) is 0.779. The van der Waals surface area contributed by atoms with Crippen molar-refractivity contribution in [1.82, 2.24) is 14.9 Å². The number of fused-ring (bicyclic) bond motifs is 1. The summed E-state index contributed by atoms with van der Waals surface area (Å²) in [6.07, 6.45) is 2.72. The molecule has 4 aromatic rings. The van der Waals surface area contributed by atoms with Gasteiger partial charge in [-0.1, -0.05) is 29.8 Å². The number of ketones is 1. The molecule has 4 rings (SSSR count). The van der Waals surface area contributed by atoms with E-state index in [0.717, 1.165) is 6.54 Å². The maximum atomic E-state index is 13.6. The third-order valence-corrected chi connectivity index (χ3v) is 6.84. The molecule has 2 aromatic heterocycles. The number of likely N-dealkylation sites (N-methyl/N-ethyl adjacent to an activating group) is 1. The zero-order valence-corrected chi connectivity index (χ0v) is 24.4. The Morgan fingerprint density at radius 2 is 1.76 bits per heavy atom. The molecule has 0 aliphatic rings. The summed E-state index contributed by atoms with van der Waals surface area (Å²) in [7, 11) is 6.79. The Bertz CT molecular complexity index is 1590. The van der Waals surface area contributed by atoms with Crippen molar-refractivity contribution >= 4 is 63.1 Å². The van der Waals surface area contributed by atoms with Crippen molar-refractivity contribution < 1.29 is 23.8 Å². The van der Waals surface area contributed by atoms with Gasteiger partial charge in [0.2, 0.25) is 5.91 Å². The number of ether oxygens (including phenoxy) is 3. The van der Waals surface area contributed by atoms with Crippen LogP contribution in [0.15, 0.2) is 55.3 Å². The van der Waals surface area contributed by atoms with E-state index in [-0.39, 0.29) is 33.0 Å². The fourth-order valence-electron chi connectivity index (χ4n) is 3.98. The molecule has 3 N–H and O–H groups in total. The number of anilines is 3. The average Bonchev–Trinajstić information content (AvgIpc) is 3.37. The molecule has 0 saturated heterocycles. The van der Waals surface area contributed by atoms with Crippen molar-refractivity contribution in [3.63, 3.8) is 0 Å². The summed E-state index contributed by atoms with van der Waals surface area (Å²) in [6, 6.07) is 10.3. The van der Waals surface area contributed by atoms with Crippen molar-refractivity contribution in [1.29, 1.82) is 0 Å². The molecule has 0 fully saturated rings. The molecule has 214 valence electrons. The number of hydrogen-bond acceptors (Lipinski definition) is 8. The molecule has 0 spiro atoms. The first kappa shape index (κ1) is 29.7. The number of H-pyrrole nitrogens is 1. The van der Waals surface area contributed by atoms with Gasteiger partial charge in [0, 0.05) is 35.8 Å². The Balaban J connectivity index is 1.64. The van der Waals surface area contributed by atoms with Crippen LogP contribution < -0.4 is 24.8 Å². The van der Waals surface area contributed by atoms with E-state index in [1.54, 1.807) is 30.3 Å². The Morgan fingerprint density at radius 3 is 2.39 bits per heavy atom. The van der Waals surface area contributed by atoms with Crippen LogP contribution >= 0.6 is 23.2 Å². The zero-order chi connectivity index (χ0) is 29.7. The number of methoxy groups -OCH3 is 2. The van der Waals surface area contributed by atoms with Crippen LogP contribution in [0.2, 0.25) is 10.0 Å². The Kier molecular flexibility index (Phi) is 9.38. The molecular weight excluding hydrogens is 569 g/mol. The average molecular weight is 598 g/mol. The highest BCUT2D eigenvalue weighted by Gasteiger charge is 2.26. The van der Waals surface area contributed by atoms with Gasteiger partial charge < -0.3 is 34.7 Å². The summed E-state index contributed by atoms with van der Waals surface area (Å²) in [5.41, 5.74) is 1.88. The third-order valence-electron chi connectivity index (χ3n) is 6.09. The number of carbonyl (C=O) groups excluding carboxylic acids is 2. The lowest BCUT2D eigenvalue weighted by Crippen LogP contribution is -2.19. The van der Waals surface area contributed by atoms with Gasteiger partial charge in [0.1, 0.15) is 35.3 Å². The zero-order valence-electron chi connectivity index (χ0n) is 22.9. The third kappa shape index (κ3) is 6.57. The van der Waals surface area contributed by atoms with Gasteiger partial charge in [-0.15, -0.1) is 0 Å². The van der Waals surface area contributed by atoms with Gasteiger partial charge >= 0.3 is 0 Å².